The van der Waals surface area contributed by atoms with Gasteiger partial charge in [-0.1, -0.05) is 18.2 Å². The largest absolute Gasteiger partial charge is 0.495 e. The Labute approximate surface area is 130 Å². The van der Waals surface area contributed by atoms with Crippen molar-refractivity contribution in [2.45, 2.75) is 26.1 Å². The highest BCUT2D eigenvalue weighted by atomic mass is 16.5. The normalized spacial score (nSPS) is 10.9. The van der Waals surface area contributed by atoms with E-state index in [9.17, 15) is 5.11 Å². The van der Waals surface area contributed by atoms with Crippen LogP contribution in [0, 0.1) is 11.3 Å². The Bertz CT molecular complexity index is 679. The van der Waals surface area contributed by atoms with Crippen molar-refractivity contribution in [2.75, 3.05) is 7.11 Å². The summed E-state index contributed by atoms with van der Waals surface area (Å²) in [5.41, 5.74) is 1.34. The molecule has 0 heterocycles. The number of nitriles is 1. The summed E-state index contributed by atoms with van der Waals surface area (Å²) in [6.45, 7) is 3.84. The molecule has 0 radical (unpaired) electrons. The molecule has 0 saturated carbocycles. The maximum Gasteiger partial charge on any atom is 0.136 e. The van der Waals surface area contributed by atoms with Crippen LogP contribution in [-0.4, -0.2) is 12.2 Å². The topological polar surface area (TPSA) is 62.5 Å². The Kier molecular flexibility index (Phi) is 4.69. The predicted molar refractivity (Wildman–Crippen MR) is 83.7 cm³/mol. The molecule has 0 bridgehead atoms. The second-order valence-corrected chi connectivity index (χ2v) is 5.52. The molecule has 0 aliphatic rings. The van der Waals surface area contributed by atoms with Crippen molar-refractivity contribution in [2.24, 2.45) is 0 Å². The zero-order chi connectivity index (χ0) is 16.2. The molecule has 2 aromatic rings. The first-order valence-electron chi connectivity index (χ1n) is 6.97. The highest BCUT2D eigenvalue weighted by molar-refractivity contribution is 5.45. The molecule has 0 atom stereocenters. The van der Waals surface area contributed by atoms with E-state index in [4.69, 9.17) is 14.7 Å². The molecule has 4 nitrogen and oxygen atoms in total. The smallest absolute Gasteiger partial charge is 0.136 e. The molecule has 22 heavy (non-hydrogen) atoms. The van der Waals surface area contributed by atoms with Crippen LogP contribution in [0.5, 0.6) is 11.5 Å². The van der Waals surface area contributed by atoms with Gasteiger partial charge in [-0.15, -0.1) is 0 Å². The summed E-state index contributed by atoms with van der Waals surface area (Å²) in [5.74, 6) is 1.27. The minimum atomic E-state index is -0.865. The van der Waals surface area contributed by atoms with Crippen LogP contribution < -0.4 is 9.47 Å². The van der Waals surface area contributed by atoms with Gasteiger partial charge in [0.2, 0.25) is 0 Å². The number of methoxy groups -OCH3 is 1. The van der Waals surface area contributed by atoms with Crippen molar-refractivity contribution in [3.63, 3.8) is 0 Å². The Morgan fingerprint density at radius 3 is 2.36 bits per heavy atom. The molecule has 0 spiro atoms. The van der Waals surface area contributed by atoms with Gasteiger partial charge in [-0.05, 0) is 49.2 Å². The lowest BCUT2D eigenvalue weighted by atomic mass is 9.99. The van der Waals surface area contributed by atoms with Crippen molar-refractivity contribution < 1.29 is 14.6 Å². The molecule has 0 aliphatic carbocycles. The van der Waals surface area contributed by atoms with Crippen LogP contribution in [-0.2, 0) is 12.2 Å². The summed E-state index contributed by atoms with van der Waals surface area (Å²) in [6.07, 6.45) is 0. The van der Waals surface area contributed by atoms with Gasteiger partial charge in [0.25, 0.3) is 0 Å². The Morgan fingerprint density at radius 2 is 1.82 bits per heavy atom. The van der Waals surface area contributed by atoms with Crippen molar-refractivity contribution >= 4 is 0 Å². The summed E-state index contributed by atoms with van der Waals surface area (Å²) in [6, 6.07) is 14.8. The maximum absolute atomic E-state index is 9.91. The van der Waals surface area contributed by atoms with Crippen molar-refractivity contribution in [3.05, 3.63) is 59.2 Å². The number of rotatable bonds is 5. The lowest BCUT2D eigenvalue weighted by molar-refractivity contribution is 0.0785. The maximum atomic E-state index is 9.91. The highest BCUT2D eigenvalue weighted by Gasteiger charge is 2.15. The zero-order valence-electron chi connectivity index (χ0n) is 13.0. The van der Waals surface area contributed by atoms with Gasteiger partial charge in [0.05, 0.1) is 18.3 Å². The number of hydrogen-bond acceptors (Lipinski definition) is 4. The van der Waals surface area contributed by atoms with Gasteiger partial charge in [0.1, 0.15) is 24.2 Å². The van der Waals surface area contributed by atoms with Crippen LogP contribution in [0.1, 0.15) is 30.5 Å². The second-order valence-electron chi connectivity index (χ2n) is 5.52. The third-order valence-corrected chi connectivity index (χ3v) is 3.35. The molecule has 0 amide bonds. The number of nitrogens with zero attached hydrogens (tertiary/aromatic N) is 1. The molecule has 0 saturated heterocycles. The van der Waals surface area contributed by atoms with Crippen LogP contribution in [0.15, 0.2) is 42.5 Å². The summed E-state index contributed by atoms with van der Waals surface area (Å²) in [7, 11) is 1.54. The van der Waals surface area contributed by atoms with E-state index in [1.54, 1.807) is 26.0 Å². The number of hydrogen-bond donors (Lipinski definition) is 1. The van der Waals surface area contributed by atoms with Gasteiger partial charge in [-0.25, -0.2) is 0 Å². The van der Waals surface area contributed by atoms with E-state index in [1.807, 2.05) is 30.3 Å². The SMILES string of the molecule is COc1ccc(COc2ccc(C(C)(C)O)cc2)cc1C#N. The molecule has 1 N–H and O–H groups in total. The Balaban J connectivity index is 2.06. The first kappa shape index (κ1) is 15.9. The van der Waals surface area contributed by atoms with Crippen LogP contribution in [0.2, 0.25) is 0 Å². The molecule has 0 unspecified atom stereocenters. The molecule has 2 aromatic carbocycles. The number of benzene rings is 2. The standard InChI is InChI=1S/C18H19NO3/c1-18(2,20)15-5-7-16(8-6-15)22-12-13-4-9-17(21-3)14(10-13)11-19/h4-10,20H,12H2,1-3H3. The first-order valence-corrected chi connectivity index (χ1v) is 6.97. The van der Waals surface area contributed by atoms with Gasteiger partial charge >= 0.3 is 0 Å². The summed E-state index contributed by atoms with van der Waals surface area (Å²) < 4.78 is 10.8. The minimum absolute atomic E-state index is 0.362. The minimum Gasteiger partial charge on any atom is -0.495 e. The molecule has 0 aliphatic heterocycles. The van der Waals surface area contributed by atoms with E-state index in [0.717, 1.165) is 11.1 Å². The van der Waals surface area contributed by atoms with Crippen molar-refractivity contribution in [3.8, 4) is 17.6 Å². The van der Waals surface area contributed by atoms with Crippen LogP contribution in [0.3, 0.4) is 0 Å². The van der Waals surface area contributed by atoms with Crippen LogP contribution in [0.4, 0.5) is 0 Å². The van der Waals surface area contributed by atoms with E-state index in [1.165, 1.54) is 7.11 Å². The van der Waals surface area contributed by atoms with E-state index >= 15 is 0 Å². The van der Waals surface area contributed by atoms with Crippen LogP contribution in [0.25, 0.3) is 0 Å². The number of ether oxygens (including phenoxy) is 2. The zero-order valence-corrected chi connectivity index (χ0v) is 13.0. The fraction of sp³-hybridized carbons (Fsp3) is 0.278. The third kappa shape index (κ3) is 3.78. The predicted octanol–water partition coefficient (Wildman–Crippen LogP) is 3.37. The van der Waals surface area contributed by atoms with Crippen LogP contribution >= 0.6 is 0 Å². The first-order chi connectivity index (χ1) is 10.4. The monoisotopic (exact) mass is 297 g/mol. The lowest BCUT2D eigenvalue weighted by Crippen LogP contribution is -2.14. The van der Waals surface area contributed by atoms with E-state index in [2.05, 4.69) is 6.07 Å². The average Bonchev–Trinajstić information content (AvgIpc) is 2.52. The van der Waals surface area contributed by atoms with E-state index in [0.29, 0.717) is 23.7 Å². The second kappa shape index (κ2) is 6.50. The average molecular weight is 297 g/mol. The molecule has 0 aromatic heterocycles. The fourth-order valence-electron chi connectivity index (χ4n) is 2.06. The quantitative estimate of drug-likeness (QED) is 0.919. The Morgan fingerprint density at radius 1 is 1.14 bits per heavy atom. The molecule has 0 fully saturated rings. The summed E-state index contributed by atoms with van der Waals surface area (Å²) >= 11 is 0. The molecule has 2 rings (SSSR count). The van der Waals surface area contributed by atoms with E-state index in [-0.39, 0.29) is 0 Å². The summed E-state index contributed by atoms with van der Waals surface area (Å²) in [4.78, 5) is 0. The molecule has 114 valence electrons. The molecular formula is C18H19NO3. The highest BCUT2D eigenvalue weighted by Crippen LogP contribution is 2.23. The van der Waals surface area contributed by atoms with Gasteiger partial charge in [-0.2, -0.15) is 5.26 Å². The third-order valence-electron chi connectivity index (χ3n) is 3.35. The van der Waals surface area contributed by atoms with Gasteiger partial charge in [0, 0.05) is 0 Å². The van der Waals surface area contributed by atoms with Gasteiger partial charge < -0.3 is 14.6 Å². The fourth-order valence-corrected chi connectivity index (χ4v) is 2.06. The molecule has 4 heteroatoms. The van der Waals surface area contributed by atoms with Gasteiger partial charge in [-0.3, -0.25) is 0 Å². The summed E-state index contributed by atoms with van der Waals surface area (Å²) in [5, 5.41) is 19.0. The van der Waals surface area contributed by atoms with Crippen molar-refractivity contribution in [1.82, 2.24) is 0 Å². The lowest BCUT2D eigenvalue weighted by Gasteiger charge is -2.18. The molecular weight excluding hydrogens is 278 g/mol. The van der Waals surface area contributed by atoms with Gasteiger partial charge in [0.15, 0.2) is 0 Å². The number of aliphatic hydroxyl groups is 1. The Hall–Kier alpha value is -2.51. The van der Waals surface area contributed by atoms with Crippen molar-refractivity contribution in [1.29, 1.82) is 5.26 Å². The van der Waals surface area contributed by atoms with E-state index < -0.39 is 5.60 Å².